The lowest BCUT2D eigenvalue weighted by Crippen LogP contribution is -2.60. The van der Waals surface area contributed by atoms with Gasteiger partial charge in [-0.2, -0.15) is 0 Å². The zero-order valence-corrected chi connectivity index (χ0v) is 12.4. The first-order valence-electron chi connectivity index (χ1n) is 7.62. The predicted octanol–water partition coefficient (Wildman–Crippen LogP) is 1.92. The van der Waals surface area contributed by atoms with Crippen LogP contribution in [0.15, 0.2) is 0 Å². The molecule has 4 nitrogen and oxygen atoms in total. The molecule has 1 aliphatic carbocycles. The summed E-state index contributed by atoms with van der Waals surface area (Å²) in [5, 5.41) is 0. The fourth-order valence-corrected chi connectivity index (χ4v) is 3.43. The third-order valence-electron chi connectivity index (χ3n) is 4.80. The van der Waals surface area contributed by atoms with Gasteiger partial charge < -0.3 is 15.4 Å². The summed E-state index contributed by atoms with van der Waals surface area (Å²) in [5.74, 6) is 0.269. The van der Waals surface area contributed by atoms with E-state index in [4.69, 9.17) is 10.5 Å². The quantitative estimate of drug-likeness (QED) is 0.779. The Labute approximate surface area is 116 Å². The second-order valence-electron chi connectivity index (χ2n) is 6.72. The van der Waals surface area contributed by atoms with Gasteiger partial charge in [-0.3, -0.25) is 4.79 Å². The molecule has 0 aromatic carbocycles. The molecular weight excluding hydrogens is 240 g/mol. The first-order chi connectivity index (χ1) is 9.02. The van der Waals surface area contributed by atoms with Gasteiger partial charge in [0.05, 0.1) is 24.2 Å². The molecule has 1 amide bonds. The zero-order chi connectivity index (χ0) is 13.9. The number of amides is 1. The smallest absolute Gasteiger partial charge is 0.230 e. The van der Waals surface area contributed by atoms with E-state index in [2.05, 4.69) is 13.8 Å². The summed E-state index contributed by atoms with van der Waals surface area (Å²) >= 11 is 0. The van der Waals surface area contributed by atoms with Crippen LogP contribution in [0.2, 0.25) is 0 Å². The van der Waals surface area contributed by atoms with E-state index in [1.165, 1.54) is 12.8 Å². The number of hydrogen-bond acceptors (Lipinski definition) is 3. The lowest BCUT2D eigenvalue weighted by Gasteiger charge is -2.46. The van der Waals surface area contributed by atoms with Crippen molar-refractivity contribution in [1.29, 1.82) is 0 Å². The molecule has 1 saturated heterocycles. The Morgan fingerprint density at radius 2 is 1.84 bits per heavy atom. The van der Waals surface area contributed by atoms with Gasteiger partial charge in [0, 0.05) is 13.1 Å². The molecule has 2 aliphatic rings. The molecule has 1 aliphatic heterocycles. The van der Waals surface area contributed by atoms with Crippen molar-refractivity contribution in [1.82, 2.24) is 4.90 Å². The van der Waals surface area contributed by atoms with Gasteiger partial charge in [0.1, 0.15) is 0 Å². The predicted molar refractivity (Wildman–Crippen MR) is 75.8 cm³/mol. The molecule has 0 atom stereocenters. The Morgan fingerprint density at radius 3 is 2.37 bits per heavy atom. The Balaban J connectivity index is 2.19. The van der Waals surface area contributed by atoms with Gasteiger partial charge in [-0.25, -0.2) is 0 Å². The molecule has 1 heterocycles. The largest absolute Gasteiger partial charge is 0.377 e. The summed E-state index contributed by atoms with van der Waals surface area (Å²) in [4.78, 5) is 15.1. The van der Waals surface area contributed by atoms with Crippen LogP contribution in [0, 0.1) is 5.41 Å². The van der Waals surface area contributed by atoms with Crippen LogP contribution in [0.1, 0.15) is 52.4 Å². The Morgan fingerprint density at radius 1 is 1.21 bits per heavy atom. The minimum absolute atomic E-state index is 0.205. The highest BCUT2D eigenvalue weighted by Crippen LogP contribution is 2.38. The minimum atomic E-state index is -0.314. The fraction of sp³-hybridized carbons (Fsp3) is 0.933. The normalized spacial score (nSPS) is 26.8. The molecule has 4 heteroatoms. The molecule has 0 radical (unpaired) electrons. The SMILES string of the molecule is CC1(C)COCCN1C(=O)C1(CN)CCCCCC1. The number of rotatable bonds is 2. The van der Waals surface area contributed by atoms with Crippen LogP contribution in [-0.2, 0) is 9.53 Å². The third-order valence-corrected chi connectivity index (χ3v) is 4.80. The Bertz CT molecular complexity index is 320. The molecule has 19 heavy (non-hydrogen) atoms. The van der Waals surface area contributed by atoms with Gasteiger partial charge in [-0.1, -0.05) is 25.7 Å². The summed E-state index contributed by atoms with van der Waals surface area (Å²) < 4.78 is 5.52. The van der Waals surface area contributed by atoms with Gasteiger partial charge in [0.15, 0.2) is 0 Å². The summed E-state index contributed by atoms with van der Waals surface area (Å²) in [7, 11) is 0. The molecule has 0 aromatic heterocycles. The van der Waals surface area contributed by atoms with Crippen molar-refractivity contribution < 1.29 is 9.53 Å². The molecule has 0 aromatic rings. The van der Waals surface area contributed by atoms with E-state index in [9.17, 15) is 4.79 Å². The average molecular weight is 268 g/mol. The van der Waals surface area contributed by atoms with Crippen LogP contribution in [0.25, 0.3) is 0 Å². The van der Waals surface area contributed by atoms with E-state index < -0.39 is 0 Å². The van der Waals surface area contributed by atoms with E-state index in [1.807, 2.05) is 4.90 Å². The lowest BCUT2D eigenvalue weighted by molar-refractivity contribution is -0.157. The number of hydrogen-bond donors (Lipinski definition) is 1. The van der Waals surface area contributed by atoms with E-state index in [-0.39, 0.29) is 16.9 Å². The van der Waals surface area contributed by atoms with Gasteiger partial charge >= 0.3 is 0 Å². The number of carbonyl (C=O) groups excluding carboxylic acids is 1. The van der Waals surface area contributed by atoms with E-state index in [0.717, 1.165) is 25.7 Å². The van der Waals surface area contributed by atoms with Crippen LogP contribution in [0.4, 0.5) is 0 Å². The van der Waals surface area contributed by atoms with E-state index in [1.54, 1.807) is 0 Å². The number of carbonyl (C=O) groups is 1. The van der Waals surface area contributed by atoms with E-state index >= 15 is 0 Å². The maximum absolute atomic E-state index is 13.1. The minimum Gasteiger partial charge on any atom is -0.377 e. The highest BCUT2D eigenvalue weighted by Gasteiger charge is 2.45. The number of ether oxygens (including phenoxy) is 1. The van der Waals surface area contributed by atoms with Crippen molar-refractivity contribution >= 4 is 5.91 Å². The maximum atomic E-state index is 13.1. The van der Waals surface area contributed by atoms with Crippen LogP contribution in [0.3, 0.4) is 0 Å². The Hall–Kier alpha value is -0.610. The van der Waals surface area contributed by atoms with Crippen molar-refractivity contribution in [2.24, 2.45) is 11.1 Å². The van der Waals surface area contributed by atoms with Crippen LogP contribution in [0.5, 0.6) is 0 Å². The summed E-state index contributed by atoms with van der Waals surface area (Å²) in [6.45, 7) is 6.64. The van der Waals surface area contributed by atoms with Crippen LogP contribution in [-0.4, -0.2) is 42.6 Å². The number of nitrogens with zero attached hydrogens (tertiary/aromatic N) is 1. The fourth-order valence-electron chi connectivity index (χ4n) is 3.43. The molecule has 110 valence electrons. The standard InChI is InChI=1S/C15H28N2O2/c1-14(2)12-19-10-9-17(14)13(18)15(11-16)7-5-3-4-6-8-15/h3-12,16H2,1-2H3. The highest BCUT2D eigenvalue weighted by atomic mass is 16.5. The molecule has 0 unspecified atom stereocenters. The van der Waals surface area contributed by atoms with Crippen molar-refractivity contribution in [3.8, 4) is 0 Å². The molecule has 2 rings (SSSR count). The van der Waals surface area contributed by atoms with Gasteiger partial charge in [-0.05, 0) is 26.7 Å². The second kappa shape index (κ2) is 5.80. The second-order valence-corrected chi connectivity index (χ2v) is 6.72. The maximum Gasteiger partial charge on any atom is 0.230 e. The average Bonchev–Trinajstić information content (AvgIpc) is 2.64. The van der Waals surface area contributed by atoms with Gasteiger partial charge in [0.2, 0.25) is 5.91 Å². The summed E-state index contributed by atoms with van der Waals surface area (Å²) in [6, 6.07) is 0. The molecule has 2 N–H and O–H groups in total. The van der Waals surface area contributed by atoms with Crippen molar-refractivity contribution in [3.63, 3.8) is 0 Å². The van der Waals surface area contributed by atoms with E-state index in [0.29, 0.717) is 26.3 Å². The number of morpholine rings is 1. The first kappa shape index (κ1) is 14.8. The van der Waals surface area contributed by atoms with Crippen molar-refractivity contribution in [2.75, 3.05) is 26.3 Å². The van der Waals surface area contributed by atoms with Crippen molar-refractivity contribution in [2.45, 2.75) is 57.9 Å². The molecule has 0 spiro atoms. The molecule has 2 fully saturated rings. The van der Waals surface area contributed by atoms with Gasteiger partial charge in [-0.15, -0.1) is 0 Å². The zero-order valence-electron chi connectivity index (χ0n) is 12.4. The summed E-state index contributed by atoms with van der Waals surface area (Å²) in [6.07, 6.45) is 6.65. The Kier molecular flexibility index (Phi) is 4.51. The topological polar surface area (TPSA) is 55.6 Å². The summed E-state index contributed by atoms with van der Waals surface area (Å²) in [5.41, 5.74) is 5.51. The molecule has 0 bridgehead atoms. The highest BCUT2D eigenvalue weighted by molar-refractivity contribution is 5.84. The van der Waals surface area contributed by atoms with Crippen LogP contribution < -0.4 is 5.73 Å². The van der Waals surface area contributed by atoms with Gasteiger partial charge in [0.25, 0.3) is 0 Å². The van der Waals surface area contributed by atoms with Crippen LogP contribution >= 0.6 is 0 Å². The third kappa shape index (κ3) is 2.95. The monoisotopic (exact) mass is 268 g/mol. The molecule has 1 saturated carbocycles. The lowest BCUT2D eigenvalue weighted by atomic mass is 9.78. The van der Waals surface area contributed by atoms with Crippen molar-refractivity contribution in [3.05, 3.63) is 0 Å². The first-order valence-corrected chi connectivity index (χ1v) is 7.62. The molecular formula is C15H28N2O2. The number of nitrogens with two attached hydrogens (primary N) is 1.